The standard InChI is InChI=1S/C20H20F3N5O2/c1-12-19(30)28(9-8-24-13(2)29)18-16(26-12)6-7-17(27-18)25-11-14-4-3-5-15(10-14)20(21,22)23/h3-7,10H,8-9,11H2,1-2H3,(H,24,29)(H,25,27). The quantitative estimate of drug-likeness (QED) is 0.642. The predicted octanol–water partition coefficient (Wildman–Crippen LogP) is 2.87. The van der Waals surface area contributed by atoms with E-state index < -0.39 is 11.7 Å². The number of aromatic nitrogens is 3. The minimum atomic E-state index is -4.41. The molecule has 0 saturated carbocycles. The lowest BCUT2D eigenvalue weighted by atomic mass is 10.1. The first-order valence-electron chi connectivity index (χ1n) is 9.18. The molecule has 0 aliphatic heterocycles. The van der Waals surface area contributed by atoms with Crippen LogP contribution in [-0.4, -0.2) is 27.0 Å². The zero-order valence-corrected chi connectivity index (χ0v) is 16.4. The van der Waals surface area contributed by atoms with Crippen molar-refractivity contribution in [3.8, 4) is 0 Å². The van der Waals surface area contributed by atoms with E-state index in [0.29, 0.717) is 28.2 Å². The van der Waals surface area contributed by atoms with Crippen LogP contribution in [0.25, 0.3) is 11.2 Å². The Balaban J connectivity index is 1.86. The molecule has 2 N–H and O–H groups in total. The Morgan fingerprint density at radius 2 is 1.93 bits per heavy atom. The van der Waals surface area contributed by atoms with E-state index in [-0.39, 0.29) is 31.1 Å². The summed E-state index contributed by atoms with van der Waals surface area (Å²) in [5.74, 6) is 0.174. The van der Waals surface area contributed by atoms with Crippen LogP contribution in [0.5, 0.6) is 0 Å². The van der Waals surface area contributed by atoms with Crippen LogP contribution in [-0.2, 0) is 24.1 Å². The van der Waals surface area contributed by atoms with Crippen molar-refractivity contribution in [3.05, 3.63) is 63.6 Å². The van der Waals surface area contributed by atoms with Gasteiger partial charge < -0.3 is 10.6 Å². The second-order valence-corrected chi connectivity index (χ2v) is 6.73. The van der Waals surface area contributed by atoms with Gasteiger partial charge in [-0.25, -0.2) is 9.97 Å². The lowest BCUT2D eigenvalue weighted by Gasteiger charge is -2.13. The summed E-state index contributed by atoms with van der Waals surface area (Å²) in [6, 6.07) is 8.34. The molecular formula is C20H20F3N5O2. The highest BCUT2D eigenvalue weighted by Crippen LogP contribution is 2.29. The zero-order chi connectivity index (χ0) is 21.9. The Hall–Kier alpha value is -3.43. The minimum Gasteiger partial charge on any atom is -0.366 e. The normalized spacial score (nSPS) is 11.5. The number of carbonyl (C=O) groups is 1. The van der Waals surface area contributed by atoms with Crippen molar-refractivity contribution in [2.24, 2.45) is 0 Å². The van der Waals surface area contributed by atoms with Crippen LogP contribution in [0, 0.1) is 6.92 Å². The molecule has 7 nitrogen and oxygen atoms in total. The monoisotopic (exact) mass is 419 g/mol. The number of alkyl halides is 3. The molecule has 0 unspecified atom stereocenters. The minimum absolute atomic E-state index is 0.123. The second-order valence-electron chi connectivity index (χ2n) is 6.73. The van der Waals surface area contributed by atoms with Crippen LogP contribution in [0.15, 0.2) is 41.2 Å². The van der Waals surface area contributed by atoms with Gasteiger partial charge in [-0.2, -0.15) is 13.2 Å². The van der Waals surface area contributed by atoms with Crippen molar-refractivity contribution in [1.82, 2.24) is 19.9 Å². The van der Waals surface area contributed by atoms with Crippen LogP contribution in [0.1, 0.15) is 23.7 Å². The number of hydrogen-bond acceptors (Lipinski definition) is 5. The van der Waals surface area contributed by atoms with Gasteiger partial charge in [-0.3, -0.25) is 14.2 Å². The Bertz CT molecular complexity index is 1140. The molecule has 0 radical (unpaired) electrons. The van der Waals surface area contributed by atoms with Crippen molar-refractivity contribution in [2.75, 3.05) is 11.9 Å². The molecule has 2 aromatic heterocycles. The van der Waals surface area contributed by atoms with Gasteiger partial charge in [-0.1, -0.05) is 12.1 Å². The van der Waals surface area contributed by atoms with Gasteiger partial charge >= 0.3 is 6.18 Å². The fourth-order valence-corrected chi connectivity index (χ4v) is 2.95. The molecule has 1 amide bonds. The molecule has 1 aromatic carbocycles. The summed E-state index contributed by atoms with van der Waals surface area (Å²) in [7, 11) is 0. The summed E-state index contributed by atoms with van der Waals surface area (Å²) >= 11 is 0. The van der Waals surface area contributed by atoms with Crippen molar-refractivity contribution >= 4 is 22.9 Å². The molecule has 10 heteroatoms. The highest BCUT2D eigenvalue weighted by molar-refractivity contribution is 5.73. The Morgan fingerprint density at radius 1 is 1.17 bits per heavy atom. The van der Waals surface area contributed by atoms with Crippen molar-refractivity contribution in [1.29, 1.82) is 0 Å². The van der Waals surface area contributed by atoms with Crippen LogP contribution in [0.2, 0.25) is 0 Å². The van der Waals surface area contributed by atoms with E-state index in [9.17, 15) is 22.8 Å². The maximum Gasteiger partial charge on any atom is 0.416 e. The SMILES string of the molecule is CC(=O)NCCn1c(=O)c(C)nc2ccc(NCc3cccc(C(F)(F)F)c3)nc21. The maximum atomic E-state index is 12.9. The smallest absolute Gasteiger partial charge is 0.366 e. The molecule has 0 fully saturated rings. The highest BCUT2D eigenvalue weighted by Gasteiger charge is 2.30. The largest absolute Gasteiger partial charge is 0.416 e. The molecule has 2 heterocycles. The molecular weight excluding hydrogens is 399 g/mol. The van der Waals surface area contributed by atoms with E-state index in [1.165, 1.54) is 17.6 Å². The molecule has 3 aromatic rings. The van der Waals surface area contributed by atoms with E-state index >= 15 is 0 Å². The van der Waals surface area contributed by atoms with Gasteiger partial charge in [0.05, 0.1) is 5.56 Å². The third-order valence-corrected chi connectivity index (χ3v) is 4.39. The molecule has 0 atom stereocenters. The van der Waals surface area contributed by atoms with Gasteiger partial charge in [0, 0.05) is 26.6 Å². The second kappa shape index (κ2) is 8.52. The van der Waals surface area contributed by atoms with Crippen molar-refractivity contribution in [3.63, 3.8) is 0 Å². The Labute approximate surface area is 170 Å². The maximum absolute atomic E-state index is 12.9. The van der Waals surface area contributed by atoms with Gasteiger partial charge in [0.1, 0.15) is 17.0 Å². The average molecular weight is 419 g/mol. The first kappa shape index (κ1) is 21.3. The van der Waals surface area contributed by atoms with Crippen LogP contribution in [0.3, 0.4) is 0 Å². The fourth-order valence-electron chi connectivity index (χ4n) is 2.95. The number of halogens is 3. The van der Waals surface area contributed by atoms with E-state index in [1.54, 1.807) is 25.1 Å². The van der Waals surface area contributed by atoms with Gasteiger partial charge in [0.25, 0.3) is 5.56 Å². The lowest BCUT2D eigenvalue weighted by molar-refractivity contribution is -0.137. The lowest BCUT2D eigenvalue weighted by Crippen LogP contribution is -2.31. The van der Waals surface area contributed by atoms with Crippen LogP contribution < -0.4 is 16.2 Å². The number of aryl methyl sites for hydroxylation is 1. The van der Waals surface area contributed by atoms with Gasteiger partial charge in [0.15, 0.2) is 5.65 Å². The number of anilines is 1. The summed E-state index contributed by atoms with van der Waals surface area (Å²) in [6.07, 6.45) is -4.41. The number of carbonyl (C=O) groups excluding carboxylic acids is 1. The molecule has 3 rings (SSSR count). The van der Waals surface area contributed by atoms with Crippen LogP contribution >= 0.6 is 0 Å². The number of hydrogen-bond donors (Lipinski definition) is 2. The molecule has 0 bridgehead atoms. The topological polar surface area (TPSA) is 88.9 Å². The first-order chi connectivity index (χ1) is 14.1. The third-order valence-electron chi connectivity index (χ3n) is 4.39. The van der Waals surface area contributed by atoms with E-state index in [4.69, 9.17) is 0 Å². The fraction of sp³-hybridized carbons (Fsp3) is 0.300. The van der Waals surface area contributed by atoms with E-state index in [1.807, 2.05) is 0 Å². The highest BCUT2D eigenvalue weighted by atomic mass is 19.4. The summed E-state index contributed by atoms with van der Waals surface area (Å²) < 4.78 is 40.0. The Morgan fingerprint density at radius 3 is 2.63 bits per heavy atom. The van der Waals surface area contributed by atoms with Crippen molar-refractivity contribution < 1.29 is 18.0 Å². The number of benzene rings is 1. The third kappa shape index (κ3) is 4.94. The summed E-state index contributed by atoms with van der Waals surface area (Å²) in [5, 5.41) is 5.61. The van der Waals surface area contributed by atoms with Gasteiger partial charge in [-0.05, 0) is 36.8 Å². The average Bonchev–Trinajstić information content (AvgIpc) is 2.69. The number of pyridine rings is 1. The number of amides is 1. The summed E-state index contributed by atoms with van der Waals surface area (Å²) in [6.45, 7) is 3.56. The van der Waals surface area contributed by atoms with Crippen molar-refractivity contribution in [2.45, 2.75) is 33.1 Å². The van der Waals surface area contributed by atoms with Gasteiger partial charge in [-0.15, -0.1) is 0 Å². The number of fused-ring (bicyclic) bond motifs is 1. The number of nitrogens with zero attached hydrogens (tertiary/aromatic N) is 3. The van der Waals surface area contributed by atoms with E-state index in [0.717, 1.165) is 12.1 Å². The summed E-state index contributed by atoms with van der Waals surface area (Å²) in [4.78, 5) is 32.3. The molecule has 30 heavy (non-hydrogen) atoms. The van der Waals surface area contributed by atoms with Crippen LogP contribution in [0.4, 0.5) is 19.0 Å². The predicted molar refractivity (Wildman–Crippen MR) is 106 cm³/mol. The molecule has 0 saturated heterocycles. The number of nitrogens with one attached hydrogen (secondary N) is 2. The molecule has 0 aliphatic carbocycles. The Kier molecular flexibility index (Phi) is 6.04. The summed E-state index contributed by atoms with van der Waals surface area (Å²) in [5.41, 5.74) is 0.522. The zero-order valence-electron chi connectivity index (χ0n) is 16.4. The first-order valence-corrected chi connectivity index (χ1v) is 9.18. The molecule has 0 aliphatic rings. The molecule has 0 spiro atoms. The van der Waals surface area contributed by atoms with E-state index in [2.05, 4.69) is 20.6 Å². The number of rotatable bonds is 6. The molecule has 158 valence electrons. The van der Waals surface area contributed by atoms with Gasteiger partial charge in [0.2, 0.25) is 5.91 Å².